The van der Waals surface area contributed by atoms with Crippen LogP contribution < -0.4 is 10.1 Å². The number of alkyl halides is 2. The zero-order valence-electron chi connectivity index (χ0n) is 20.6. The molecule has 1 fully saturated rings. The summed E-state index contributed by atoms with van der Waals surface area (Å²) in [6, 6.07) is 8.79. The monoisotopic (exact) mass is 504 g/mol. The van der Waals surface area contributed by atoms with Gasteiger partial charge in [0.15, 0.2) is 11.5 Å². The van der Waals surface area contributed by atoms with E-state index < -0.39 is 24.3 Å². The molecule has 1 aliphatic rings. The van der Waals surface area contributed by atoms with Crippen molar-refractivity contribution in [3.63, 3.8) is 0 Å². The Morgan fingerprint density at radius 1 is 1.25 bits per heavy atom. The second-order valence-electron chi connectivity index (χ2n) is 9.00. The van der Waals surface area contributed by atoms with Crippen LogP contribution >= 0.6 is 0 Å². The molecule has 0 spiro atoms. The maximum Gasteiger partial charge on any atom is 0.387 e. The van der Waals surface area contributed by atoms with E-state index in [4.69, 9.17) is 0 Å². The molecular formula is C25H30F2N4O5. The van der Waals surface area contributed by atoms with Crippen LogP contribution in [-0.2, 0) is 16.1 Å². The molecule has 0 bridgehead atoms. The zero-order valence-corrected chi connectivity index (χ0v) is 20.6. The molecule has 36 heavy (non-hydrogen) atoms. The van der Waals surface area contributed by atoms with Gasteiger partial charge in [-0.3, -0.25) is 14.4 Å². The van der Waals surface area contributed by atoms with Crippen molar-refractivity contribution in [3.8, 4) is 11.5 Å². The summed E-state index contributed by atoms with van der Waals surface area (Å²) in [5, 5.41) is 12.9. The maximum atomic E-state index is 13.0. The number of halogens is 2. The van der Waals surface area contributed by atoms with Crippen molar-refractivity contribution in [3.05, 3.63) is 53.3 Å². The van der Waals surface area contributed by atoms with E-state index in [1.165, 1.54) is 24.0 Å². The molecule has 11 heteroatoms. The van der Waals surface area contributed by atoms with Crippen LogP contribution in [0.1, 0.15) is 47.9 Å². The molecule has 3 rings (SSSR count). The van der Waals surface area contributed by atoms with Crippen LogP contribution in [0.4, 0.5) is 8.78 Å². The number of hydrogen-bond acceptors (Lipinski definition) is 6. The highest BCUT2D eigenvalue weighted by atomic mass is 19.3. The standard InChI is InChI=1S/C25H30F2N4O5/c1-14(23(34)28-12-18-6-5-7-19(29-18)24(35)30(3)4)20-10-17(13-31(20)15(2)32)16-8-9-22(21(33)11-16)36-25(26)27/h5-9,11,14,17,20,25,33H,10,12-13H2,1-4H3,(H,28,34)/t14-,17?,20-/m1/s1. The van der Waals surface area contributed by atoms with E-state index in [0.29, 0.717) is 24.2 Å². The van der Waals surface area contributed by atoms with E-state index >= 15 is 0 Å². The Kier molecular flexibility index (Phi) is 8.44. The number of carbonyl (C=O) groups is 3. The second kappa shape index (κ2) is 11.3. The molecule has 1 unspecified atom stereocenters. The Labute approximate surface area is 208 Å². The summed E-state index contributed by atoms with van der Waals surface area (Å²) in [6.45, 7) is 0.537. The number of amides is 3. The first-order valence-electron chi connectivity index (χ1n) is 11.5. The lowest BCUT2D eigenvalue weighted by molar-refractivity contribution is -0.133. The Morgan fingerprint density at radius 2 is 1.97 bits per heavy atom. The van der Waals surface area contributed by atoms with Crippen molar-refractivity contribution < 1.29 is 33.0 Å². The van der Waals surface area contributed by atoms with Gasteiger partial charge in [-0.2, -0.15) is 8.78 Å². The van der Waals surface area contributed by atoms with E-state index in [1.807, 2.05) is 0 Å². The van der Waals surface area contributed by atoms with Gasteiger partial charge in [-0.05, 0) is 36.2 Å². The molecule has 1 saturated heterocycles. The number of aromatic nitrogens is 1. The molecule has 2 aromatic rings. The summed E-state index contributed by atoms with van der Waals surface area (Å²) in [5.41, 5.74) is 1.45. The van der Waals surface area contributed by atoms with Crippen LogP contribution in [-0.4, -0.2) is 70.9 Å². The van der Waals surface area contributed by atoms with Crippen LogP contribution in [0.25, 0.3) is 0 Å². The van der Waals surface area contributed by atoms with E-state index in [2.05, 4.69) is 15.0 Å². The molecule has 0 aliphatic carbocycles. The molecular weight excluding hydrogens is 474 g/mol. The smallest absolute Gasteiger partial charge is 0.387 e. The van der Waals surface area contributed by atoms with E-state index in [-0.39, 0.29) is 41.6 Å². The number of pyridine rings is 1. The van der Waals surface area contributed by atoms with E-state index in [1.54, 1.807) is 50.2 Å². The number of ether oxygens (including phenoxy) is 1. The maximum absolute atomic E-state index is 13.0. The number of carbonyl (C=O) groups excluding carboxylic acids is 3. The fraction of sp³-hybridized carbons (Fsp3) is 0.440. The minimum Gasteiger partial charge on any atom is -0.504 e. The summed E-state index contributed by atoms with van der Waals surface area (Å²) in [4.78, 5) is 44.8. The predicted molar refractivity (Wildman–Crippen MR) is 127 cm³/mol. The van der Waals surface area contributed by atoms with Crippen molar-refractivity contribution in [2.24, 2.45) is 5.92 Å². The van der Waals surface area contributed by atoms with Crippen molar-refractivity contribution >= 4 is 17.7 Å². The van der Waals surface area contributed by atoms with Gasteiger partial charge in [-0.15, -0.1) is 0 Å². The Hall–Kier alpha value is -3.76. The summed E-state index contributed by atoms with van der Waals surface area (Å²) < 4.78 is 29.2. The van der Waals surface area contributed by atoms with Gasteiger partial charge in [0.2, 0.25) is 11.8 Å². The summed E-state index contributed by atoms with van der Waals surface area (Å²) in [5.74, 6) is -2.22. The lowest BCUT2D eigenvalue weighted by Gasteiger charge is -2.27. The molecule has 194 valence electrons. The highest BCUT2D eigenvalue weighted by Crippen LogP contribution is 2.38. The number of rotatable bonds is 8. The van der Waals surface area contributed by atoms with Gasteiger partial charge in [-0.1, -0.05) is 19.1 Å². The first kappa shape index (κ1) is 26.8. The number of aromatic hydroxyl groups is 1. The van der Waals surface area contributed by atoms with Gasteiger partial charge in [0, 0.05) is 39.5 Å². The fourth-order valence-electron chi connectivity index (χ4n) is 4.37. The predicted octanol–water partition coefficient (Wildman–Crippen LogP) is 2.75. The van der Waals surface area contributed by atoms with E-state index in [9.17, 15) is 28.3 Å². The third kappa shape index (κ3) is 6.27. The molecule has 3 atom stereocenters. The number of likely N-dealkylation sites (tertiary alicyclic amines) is 1. The van der Waals surface area contributed by atoms with Gasteiger partial charge < -0.3 is 25.0 Å². The van der Waals surface area contributed by atoms with Crippen molar-refractivity contribution in [1.82, 2.24) is 20.1 Å². The number of benzene rings is 1. The van der Waals surface area contributed by atoms with Crippen LogP contribution in [0.15, 0.2) is 36.4 Å². The lowest BCUT2D eigenvalue weighted by atomic mass is 9.91. The largest absolute Gasteiger partial charge is 0.504 e. The number of nitrogens with zero attached hydrogens (tertiary/aromatic N) is 3. The quantitative estimate of drug-likeness (QED) is 0.572. The number of phenols is 1. The number of hydrogen-bond donors (Lipinski definition) is 2. The van der Waals surface area contributed by atoms with Crippen molar-refractivity contribution in [2.75, 3.05) is 20.6 Å². The third-order valence-electron chi connectivity index (χ3n) is 6.28. The van der Waals surface area contributed by atoms with Gasteiger partial charge in [0.1, 0.15) is 5.69 Å². The van der Waals surface area contributed by atoms with Crippen LogP contribution in [0.2, 0.25) is 0 Å². The van der Waals surface area contributed by atoms with Crippen molar-refractivity contribution in [1.29, 1.82) is 0 Å². The normalized spacial score (nSPS) is 18.1. The SMILES string of the molecule is CC(=O)N1CC(c2ccc(OC(F)F)c(O)c2)C[C@@H]1[C@@H](C)C(=O)NCc1cccc(C(=O)N(C)C)n1. The number of phenolic OH excluding ortho intramolecular Hbond substituents is 1. The molecule has 1 aliphatic heterocycles. The molecule has 2 heterocycles. The Morgan fingerprint density at radius 3 is 2.58 bits per heavy atom. The first-order valence-corrected chi connectivity index (χ1v) is 11.5. The molecule has 9 nitrogen and oxygen atoms in total. The number of nitrogens with one attached hydrogen (secondary N) is 1. The molecule has 2 N–H and O–H groups in total. The Bertz CT molecular complexity index is 1130. The summed E-state index contributed by atoms with van der Waals surface area (Å²) in [6.07, 6.45) is 0.452. The summed E-state index contributed by atoms with van der Waals surface area (Å²) >= 11 is 0. The first-order chi connectivity index (χ1) is 17.0. The average molecular weight is 505 g/mol. The minimum atomic E-state index is -3.06. The topological polar surface area (TPSA) is 112 Å². The average Bonchev–Trinajstić information content (AvgIpc) is 3.28. The second-order valence-corrected chi connectivity index (χ2v) is 9.00. The van der Waals surface area contributed by atoms with Gasteiger partial charge >= 0.3 is 6.61 Å². The Balaban J connectivity index is 1.68. The highest BCUT2D eigenvalue weighted by molar-refractivity contribution is 5.91. The van der Waals surface area contributed by atoms with Gasteiger partial charge in [-0.25, -0.2) is 4.98 Å². The van der Waals surface area contributed by atoms with Crippen LogP contribution in [0.3, 0.4) is 0 Å². The summed E-state index contributed by atoms with van der Waals surface area (Å²) in [7, 11) is 3.26. The third-order valence-corrected chi connectivity index (χ3v) is 6.28. The molecule has 3 amide bonds. The molecule has 1 aromatic heterocycles. The lowest BCUT2D eigenvalue weighted by Crippen LogP contribution is -2.44. The van der Waals surface area contributed by atoms with Gasteiger partial charge in [0.05, 0.1) is 18.2 Å². The molecule has 0 radical (unpaired) electrons. The minimum absolute atomic E-state index is 0.118. The van der Waals surface area contributed by atoms with E-state index in [0.717, 1.165) is 0 Å². The van der Waals surface area contributed by atoms with Gasteiger partial charge in [0.25, 0.3) is 5.91 Å². The molecule has 1 aromatic carbocycles. The van der Waals surface area contributed by atoms with Crippen molar-refractivity contribution in [2.45, 2.75) is 45.4 Å². The van der Waals surface area contributed by atoms with Crippen LogP contribution in [0.5, 0.6) is 11.5 Å². The molecule has 0 saturated carbocycles. The fourth-order valence-corrected chi connectivity index (χ4v) is 4.37. The highest BCUT2D eigenvalue weighted by Gasteiger charge is 2.40. The van der Waals surface area contributed by atoms with Crippen LogP contribution in [0, 0.1) is 5.92 Å². The zero-order chi connectivity index (χ0) is 26.6.